The van der Waals surface area contributed by atoms with Gasteiger partial charge in [-0.25, -0.2) is 0 Å². The molecular formula is C12H22N4O6. The van der Waals surface area contributed by atoms with Crippen molar-refractivity contribution in [3.05, 3.63) is 5.69 Å². The second-order valence-corrected chi connectivity index (χ2v) is 4.92. The van der Waals surface area contributed by atoms with Gasteiger partial charge < -0.3 is 41.6 Å². The molecule has 10 heteroatoms. The van der Waals surface area contributed by atoms with Gasteiger partial charge >= 0.3 is 5.97 Å². The highest BCUT2D eigenvalue weighted by atomic mass is 16.4. The van der Waals surface area contributed by atoms with E-state index in [0.717, 1.165) is 0 Å². The predicted octanol–water partition coefficient (Wildman–Crippen LogP) is -2.02. The van der Waals surface area contributed by atoms with Crippen LogP contribution in [-0.4, -0.2) is 72.9 Å². The van der Waals surface area contributed by atoms with Crippen molar-refractivity contribution in [2.45, 2.75) is 37.5 Å². The molecule has 0 aliphatic rings. The number of aliphatic hydroxyl groups excluding tert-OH is 3. The van der Waals surface area contributed by atoms with E-state index < -0.39 is 30.8 Å². The van der Waals surface area contributed by atoms with E-state index in [4.69, 9.17) is 15.9 Å². The van der Waals surface area contributed by atoms with Gasteiger partial charge in [0.15, 0.2) is 0 Å². The molecule has 0 aromatic carbocycles. The minimum Gasteiger partial charge on any atom is -0.492 e. The van der Waals surface area contributed by atoms with Crippen molar-refractivity contribution in [1.29, 1.82) is 0 Å². The minimum absolute atomic E-state index is 0.105. The Bertz CT molecular complexity index is 480. The molecule has 1 rings (SSSR count). The number of carbonyl (C=O) groups is 1. The van der Waals surface area contributed by atoms with Crippen LogP contribution in [0.25, 0.3) is 0 Å². The van der Waals surface area contributed by atoms with Crippen molar-refractivity contribution in [2.24, 2.45) is 5.73 Å². The summed E-state index contributed by atoms with van der Waals surface area (Å²) in [7, 11) is 0. The van der Waals surface area contributed by atoms with Crippen LogP contribution in [0, 0.1) is 0 Å². The van der Waals surface area contributed by atoms with Gasteiger partial charge in [-0.3, -0.25) is 4.79 Å². The molecule has 3 atom stereocenters. The Hall–Kier alpha value is -1.88. The molecule has 1 aromatic rings. The van der Waals surface area contributed by atoms with Crippen LogP contribution in [0.15, 0.2) is 0 Å². The summed E-state index contributed by atoms with van der Waals surface area (Å²) in [5.74, 6) is -1.13. The first kappa shape index (κ1) is 18.2. The number of hydrogen-bond donors (Lipinski definition) is 8. The number of carboxylic acid groups (broad SMARTS) is 1. The van der Waals surface area contributed by atoms with Gasteiger partial charge in [-0.05, 0) is 12.8 Å². The van der Waals surface area contributed by atoms with Gasteiger partial charge in [0.2, 0.25) is 11.8 Å². The van der Waals surface area contributed by atoms with Gasteiger partial charge in [-0.15, -0.1) is 0 Å². The standard InChI is InChI=1S/C12H22N4O6/c13-6(11(21)22)2-1-3-14-12-15-7(10(20)16-12)4-8(18)9(19)5-17/h6,8-9,17-20H,1-5,13H2,(H,21,22)(H2,14,15,16)/t6-,8?,9?/m0/s1. The van der Waals surface area contributed by atoms with E-state index in [-0.39, 0.29) is 23.9 Å². The zero-order valence-electron chi connectivity index (χ0n) is 11.9. The van der Waals surface area contributed by atoms with E-state index in [9.17, 15) is 20.1 Å². The van der Waals surface area contributed by atoms with Gasteiger partial charge in [0.1, 0.15) is 12.1 Å². The summed E-state index contributed by atoms with van der Waals surface area (Å²) in [5, 5.41) is 48.7. The summed E-state index contributed by atoms with van der Waals surface area (Å²) < 4.78 is 0. The molecule has 0 aliphatic carbocycles. The number of imidazole rings is 1. The van der Waals surface area contributed by atoms with Gasteiger partial charge in [-0.1, -0.05) is 0 Å². The molecule has 1 heterocycles. The number of nitrogens with zero attached hydrogens (tertiary/aromatic N) is 1. The van der Waals surface area contributed by atoms with Crippen LogP contribution in [0.4, 0.5) is 5.95 Å². The third-order valence-electron chi connectivity index (χ3n) is 3.10. The van der Waals surface area contributed by atoms with Gasteiger partial charge in [-0.2, -0.15) is 4.98 Å². The molecule has 0 saturated heterocycles. The Labute approximate surface area is 126 Å². The first-order valence-corrected chi connectivity index (χ1v) is 6.82. The average molecular weight is 318 g/mol. The van der Waals surface area contributed by atoms with E-state index in [1.807, 2.05) is 0 Å². The van der Waals surface area contributed by atoms with Crippen molar-refractivity contribution in [3.8, 4) is 5.88 Å². The molecule has 22 heavy (non-hydrogen) atoms. The lowest BCUT2D eigenvalue weighted by Gasteiger charge is -2.14. The molecular weight excluding hydrogens is 296 g/mol. The van der Waals surface area contributed by atoms with Crippen LogP contribution >= 0.6 is 0 Å². The first-order valence-electron chi connectivity index (χ1n) is 6.82. The van der Waals surface area contributed by atoms with Crippen molar-refractivity contribution in [2.75, 3.05) is 18.5 Å². The Morgan fingerprint density at radius 1 is 1.36 bits per heavy atom. The maximum atomic E-state index is 10.5. The number of aliphatic hydroxyl groups is 3. The fraction of sp³-hybridized carbons (Fsp3) is 0.667. The van der Waals surface area contributed by atoms with E-state index in [1.54, 1.807) is 0 Å². The fourth-order valence-electron chi connectivity index (χ4n) is 1.75. The summed E-state index contributed by atoms with van der Waals surface area (Å²) in [6.45, 7) is -0.194. The highest BCUT2D eigenvalue weighted by molar-refractivity contribution is 5.72. The van der Waals surface area contributed by atoms with E-state index in [2.05, 4.69) is 15.3 Å². The molecule has 0 radical (unpaired) electrons. The largest absolute Gasteiger partial charge is 0.492 e. The molecule has 0 amide bonds. The van der Waals surface area contributed by atoms with E-state index >= 15 is 0 Å². The molecule has 9 N–H and O–H groups in total. The van der Waals surface area contributed by atoms with Crippen LogP contribution in [0.5, 0.6) is 5.88 Å². The van der Waals surface area contributed by atoms with E-state index in [0.29, 0.717) is 19.4 Å². The summed E-state index contributed by atoms with van der Waals surface area (Å²) >= 11 is 0. The average Bonchev–Trinajstić information content (AvgIpc) is 2.82. The topological polar surface area (TPSA) is 185 Å². The highest BCUT2D eigenvalue weighted by Crippen LogP contribution is 2.18. The smallest absolute Gasteiger partial charge is 0.320 e. The fourth-order valence-corrected chi connectivity index (χ4v) is 1.75. The molecule has 0 bridgehead atoms. The second kappa shape index (κ2) is 8.54. The molecule has 10 nitrogen and oxygen atoms in total. The third-order valence-corrected chi connectivity index (χ3v) is 3.10. The van der Waals surface area contributed by atoms with Crippen LogP contribution in [-0.2, 0) is 11.2 Å². The quantitative estimate of drug-likeness (QED) is 0.225. The Morgan fingerprint density at radius 2 is 2.05 bits per heavy atom. The Morgan fingerprint density at radius 3 is 2.64 bits per heavy atom. The number of H-pyrrole nitrogens is 1. The van der Waals surface area contributed by atoms with Crippen molar-refractivity contribution < 1.29 is 30.3 Å². The summed E-state index contributed by atoms with van der Waals surface area (Å²) in [6.07, 6.45) is -1.86. The zero-order valence-corrected chi connectivity index (χ0v) is 11.9. The number of aromatic hydroxyl groups is 1. The Kier molecular flexibility index (Phi) is 7.05. The molecule has 2 unspecified atom stereocenters. The SMILES string of the molecule is N[C@@H](CCCNc1nc(O)c(CC(O)C(O)CO)[nH]1)C(=O)O. The van der Waals surface area contributed by atoms with Gasteiger partial charge in [0.25, 0.3) is 0 Å². The highest BCUT2D eigenvalue weighted by Gasteiger charge is 2.19. The molecule has 126 valence electrons. The lowest BCUT2D eigenvalue weighted by atomic mass is 10.1. The van der Waals surface area contributed by atoms with Crippen LogP contribution in [0.3, 0.4) is 0 Å². The number of aromatic amines is 1. The van der Waals surface area contributed by atoms with Crippen molar-refractivity contribution in [1.82, 2.24) is 9.97 Å². The van der Waals surface area contributed by atoms with Crippen LogP contribution in [0.1, 0.15) is 18.5 Å². The maximum absolute atomic E-state index is 10.5. The monoisotopic (exact) mass is 318 g/mol. The normalized spacial score (nSPS) is 15.3. The third kappa shape index (κ3) is 5.48. The second-order valence-electron chi connectivity index (χ2n) is 4.92. The van der Waals surface area contributed by atoms with Crippen molar-refractivity contribution >= 4 is 11.9 Å². The molecule has 0 aliphatic heterocycles. The predicted molar refractivity (Wildman–Crippen MR) is 76.4 cm³/mol. The number of hydrogen-bond acceptors (Lipinski definition) is 8. The zero-order chi connectivity index (χ0) is 16.7. The van der Waals surface area contributed by atoms with Gasteiger partial charge in [0.05, 0.1) is 18.4 Å². The number of nitrogens with one attached hydrogen (secondary N) is 2. The summed E-state index contributed by atoms with van der Waals surface area (Å²) in [4.78, 5) is 17.1. The van der Waals surface area contributed by atoms with Crippen LogP contribution in [0.2, 0.25) is 0 Å². The summed E-state index contributed by atoms with van der Waals surface area (Å²) in [6, 6.07) is -0.919. The first-order chi connectivity index (χ1) is 10.3. The number of anilines is 1. The van der Waals surface area contributed by atoms with Crippen LogP contribution < -0.4 is 11.1 Å². The number of carboxylic acids is 1. The number of rotatable bonds is 10. The molecule has 0 saturated carbocycles. The Balaban J connectivity index is 2.43. The van der Waals surface area contributed by atoms with Crippen molar-refractivity contribution in [3.63, 3.8) is 0 Å². The summed E-state index contributed by atoms with van der Waals surface area (Å²) in [5.41, 5.74) is 5.57. The number of aliphatic carboxylic acids is 1. The lowest BCUT2D eigenvalue weighted by molar-refractivity contribution is -0.138. The minimum atomic E-state index is -1.31. The number of aromatic nitrogens is 2. The molecule has 0 fully saturated rings. The maximum Gasteiger partial charge on any atom is 0.320 e. The van der Waals surface area contributed by atoms with Gasteiger partial charge in [0, 0.05) is 13.0 Å². The van der Waals surface area contributed by atoms with E-state index in [1.165, 1.54) is 0 Å². The number of nitrogens with two attached hydrogens (primary N) is 1. The lowest BCUT2D eigenvalue weighted by Crippen LogP contribution is -2.31. The molecule has 0 spiro atoms. The molecule has 1 aromatic heterocycles.